The van der Waals surface area contributed by atoms with E-state index in [2.05, 4.69) is 47.5 Å². The summed E-state index contributed by atoms with van der Waals surface area (Å²) >= 11 is 0. The molecule has 2 saturated carbocycles. The van der Waals surface area contributed by atoms with Crippen molar-refractivity contribution in [3.05, 3.63) is 24.0 Å². The smallest absolute Gasteiger partial charge is 0.191 e. The summed E-state index contributed by atoms with van der Waals surface area (Å²) < 4.78 is 8.08. The largest absolute Gasteiger partial charge is 0.378 e. The van der Waals surface area contributed by atoms with Gasteiger partial charge in [-0.1, -0.05) is 12.8 Å². The Hall–Kier alpha value is -0.760. The van der Waals surface area contributed by atoms with E-state index in [4.69, 9.17) is 9.73 Å². The summed E-state index contributed by atoms with van der Waals surface area (Å²) in [6.45, 7) is 6.64. The van der Waals surface area contributed by atoms with Gasteiger partial charge in [0.05, 0.1) is 12.6 Å². The molecule has 2 fully saturated rings. The van der Waals surface area contributed by atoms with Gasteiger partial charge < -0.3 is 19.9 Å². The number of aliphatic imine (C=N–C) groups is 1. The molecule has 2 aliphatic carbocycles. The molecule has 1 aromatic rings. The second-order valence-corrected chi connectivity index (χ2v) is 7.20. The van der Waals surface area contributed by atoms with Gasteiger partial charge in [0.2, 0.25) is 0 Å². The SMILES string of the molecule is CCNC(=NCc1ccn(C)c1)NC1CC(OCC)C12CCCC2.I. The fourth-order valence-electron chi connectivity index (χ4n) is 4.40. The molecule has 0 saturated heterocycles. The van der Waals surface area contributed by atoms with Crippen molar-refractivity contribution in [1.29, 1.82) is 0 Å². The average molecular weight is 460 g/mol. The number of rotatable bonds is 6. The van der Waals surface area contributed by atoms with Crippen LogP contribution in [0.4, 0.5) is 0 Å². The van der Waals surface area contributed by atoms with E-state index in [1.165, 1.54) is 31.2 Å². The topological polar surface area (TPSA) is 50.6 Å². The number of ether oxygens (including phenoxy) is 1. The van der Waals surface area contributed by atoms with E-state index in [-0.39, 0.29) is 24.0 Å². The third-order valence-corrected chi connectivity index (χ3v) is 5.66. The molecule has 3 rings (SSSR count). The fraction of sp³-hybridized carbons (Fsp3) is 0.737. The molecule has 0 aromatic carbocycles. The molecule has 1 spiro atoms. The van der Waals surface area contributed by atoms with Crippen molar-refractivity contribution < 1.29 is 4.74 Å². The molecule has 0 aliphatic heterocycles. The summed E-state index contributed by atoms with van der Waals surface area (Å²) in [5.74, 6) is 0.938. The van der Waals surface area contributed by atoms with E-state index in [0.717, 1.165) is 25.5 Å². The fourth-order valence-corrected chi connectivity index (χ4v) is 4.40. The molecule has 1 heterocycles. The van der Waals surface area contributed by atoms with Crippen LogP contribution in [0.1, 0.15) is 51.5 Å². The first kappa shape index (κ1) is 20.6. The van der Waals surface area contributed by atoms with Gasteiger partial charge in [0.1, 0.15) is 0 Å². The summed E-state index contributed by atoms with van der Waals surface area (Å²) in [5, 5.41) is 7.11. The van der Waals surface area contributed by atoms with E-state index in [1.807, 2.05) is 7.05 Å². The zero-order chi connectivity index (χ0) is 17.0. The number of halogens is 1. The van der Waals surface area contributed by atoms with Crippen molar-refractivity contribution in [3.63, 3.8) is 0 Å². The minimum absolute atomic E-state index is 0. The molecule has 25 heavy (non-hydrogen) atoms. The minimum atomic E-state index is 0. The first-order chi connectivity index (χ1) is 11.7. The van der Waals surface area contributed by atoms with E-state index >= 15 is 0 Å². The molecule has 2 N–H and O–H groups in total. The highest BCUT2D eigenvalue weighted by Gasteiger charge is 2.56. The first-order valence-corrected chi connectivity index (χ1v) is 9.45. The third kappa shape index (κ3) is 4.51. The lowest BCUT2D eigenvalue weighted by Gasteiger charge is -2.54. The third-order valence-electron chi connectivity index (χ3n) is 5.66. The molecule has 142 valence electrons. The quantitative estimate of drug-likeness (QED) is 0.389. The van der Waals surface area contributed by atoms with Crippen LogP contribution in [-0.4, -0.2) is 35.8 Å². The zero-order valence-corrected chi connectivity index (χ0v) is 18.1. The molecular weight excluding hydrogens is 427 g/mol. The van der Waals surface area contributed by atoms with Gasteiger partial charge in [-0.05, 0) is 44.7 Å². The summed E-state index contributed by atoms with van der Waals surface area (Å²) in [6.07, 6.45) is 11.0. The maximum absolute atomic E-state index is 6.02. The summed E-state index contributed by atoms with van der Waals surface area (Å²) in [5.41, 5.74) is 1.57. The van der Waals surface area contributed by atoms with Crippen molar-refractivity contribution in [2.24, 2.45) is 17.5 Å². The Morgan fingerprint density at radius 2 is 2.12 bits per heavy atom. The van der Waals surface area contributed by atoms with E-state index < -0.39 is 0 Å². The molecule has 0 bridgehead atoms. The highest BCUT2D eigenvalue weighted by Crippen LogP contribution is 2.54. The normalized spacial score (nSPS) is 24.7. The van der Waals surface area contributed by atoms with Crippen LogP contribution >= 0.6 is 24.0 Å². The van der Waals surface area contributed by atoms with Gasteiger partial charge in [-0.3, -0.25) is 0 Å². The molecule has 0 amide bonds. The maximum atomic E-state index is 6.02. The van der Waals surface area contributed by atoms with Gasteiger partial charge >= 0.3 is 0 Å². The second-order valence-electron chi connectivity index (χ2n) is 7.20. The van der Waals surface area contributed by atoms with Crippen LogP contribution in [0.25, 0.3) is 0 Å². The van der Waals surface area contributed by atoms with E-state index in [0.29, 0.717) is 24.1 Å². The number of nitrogens with one attached hydrogen (secondary N) is 2. The van der Waals surface area contributed by atoms with E-state index in [1.54, 1.807) is 0 Å². The van der Waals surface area contributed by atoms with Crippen LogP contribution in [0.2, 0.25) is 0 Å². The average Bonchev–Trinajstić information content (AvgIpc) is 3.22. The van der Waals surface area contributed by atoms with Gasteiger partial charge in [0.25, 0.3) is 0 Å². The first-order valence-electron chi connectivity index (χ1n) is 9.45. The van der Waals surface area contributed by atoms with Crippen molar-refractivity contribution >= 4 is 29.9 Å². The number of nitrogens with zero attached hydrogens (tertiary/aromatic N) is 2. The molecule has 0 radical (unpaired) electrons. The van der Waals surface area contributed by atoms with Gasteiger partial charge in [-0.2, -0.15) is 0 Å². The molecule has 2 unspecified atom stereocenters. The minimum Gasteiger partial charge on any atom is -0.378 e. The predicted molar refractivity (Wildman–Crippen MR) is 113 cm³/mol. The van der Waals surface area contributed by atoms with Gasteiger partial charge in [0, 0.05) is 44.0 Å². The molecule has 1 aromatic heterocycles. The Morgan fingerprint density at radius 1 is 1.36 bits per heavy atom. The Labute approximate surface area is 169 Å². The number of aryl methyl sites for hydroxylation is 1. The zero-order valence-electron chi connectivity index (χ0n) is 15.8. The second kappa shape index (κ2) is 9.26. The lowest BCUT2D eigenvalue weighted by Crippen LogP contribution is -2.65. The molecule has 5 nitrogen and oxygen atoms in total. The lowest BCUT2D eigenvalue weighted by atomic mass is 9.60. The number of hydrogen-bond donors (Lipinski definition) is 2. The van der Waals surface area contributed by atoms with Crippen molar-refractivity contribution in [1.82, 2.24) is 15.2 Å². The highest BCUT2D eigenvalue weighted by molar-refractivity contribution is 14.0. The molecule has 2 aliphatic rings. The van der Waals surface area contributed by atoms with Crippen LogP contribution in [-0.2, 0) is 18.3 Å². The maximum Gasteiger partial charge on any atom is 0.191 e. The van der Waals surface area contributed by atoms with Crippen molar-refractivity contribution in [2.45, 2.75) is 64.6 Å². The van der Waals surface area contributed by atoms with Gasteiger partial charge in [0.15, 0.2) is 5.96 Å². The Kier molecular flexibility index (Phi) is 7.61. The van der Waals surface area contributed by atoms with Gasteiger partial charge in [-0.25, -0.2) is 4.99 Å². The predicted octanol–water partition coefficient (Wildman–Crippen LogP) is 3.44. The van der Waals surface area contributed by atoms with Crippen molar-refractivity contribution in [3.8, 4) is 0 Å². The van der Waals surface area contributed by atoms with Gasteiger partial charge in [-0.15, -0.1) is 24.0 Å². The van der Waals surface area contributed by atoms with Crippen molar-refractivity contribution in [2.75, 3.05) is 13.2 Å². The number of guanidine groups is 1. The Balaban J connectivity index is 0.00000225. The van der Waals surface area contributed by atoms with Crippen LogP contribution in [0.5, 0.6) is 0 Å². The lowest BCUT2D eigenvalue weighted by molar-refractivity contribution is -0.125. The standard InChI is InChI=1S/C19H32N4O.HI/c1-4-20-18(21-13-15-8-11-23(3)14-15)22-16-12-17(24-5-2)19(16)9-6-7-10-19;/h8,11,14,16-17H,4-7,9-10,12-13H2,1-3H3,(H2,20,21,22);1H. The summed E-state index contributed by atoms with van der Waals surface area (Å²) in [4.78, 5) is 4.78. The molecule has 2 atom stereocenters. The highest BCUT2D eigenvalue weighted by atomic mass is 127. The molecule has 6 heteroatoms. The number of hydrogen-bond acceptors (Lipinski definition) is 2. The van der Waals surface area contributed by atoms with Crippen LogP contribution < -0.4 is 10.6 Å². The Bertz CT molecular complexity index is 566. The van der Waals surface area contributed by atoms with Crippen LogP contribution in [0.15, 0.2) is 23.5 Å². The summed E-state index contributed by atoms with van der Waals surface area (Å²) in [6, 6.07) is 2.62. The van der Waals surface area contributed by atoms with Crippen LogP contribution in [0, 0.1) is 5.41 Å². The number of aromatic nitrogens is 1. The Morgan fingerprint density at radius 3 is 2.72 bits per heavy atom. The monoisotopic (exact) mass is 460 g/mol. The van der Waals surface area contributed by atoms with E-state index in [9.17, 15) is 0 Å². The molecular formula is C19H33IN4O. The van der Waals surface area contributed by atoms with Crippen LogP contribution in [0.3, 0.4) is 0 Å². The summed E-state index contributed by atoms with van der Waals surface area (Å²) in [7, 11) is 2.04.